The molecule has 9 heteroatoms. The van der Waals surface area contributed by atoms with Crippen LogP contribution in [0.4, 0.5) is 27.0 Å². The second-order valence-corrected chi connectivity index (χ2v) is 8.35. The molecule has 0 aliphatic carbocycles. The predicted octanol–water partition coefficient (Wildman–Crippen LogP) is 4.41. The van der Waals surface area contributed by atoms with Gasteiger partial charge in [-0.1, -0.05) is 17.7 Å². The number of carbonyl (C=O) groups is 2. The van der Waals surface area contributed by atoms with E-state index in [4.69, 9.17) is 4.74 Å². The molecule has 2 aromatic rings. The van der Waals surface area contributed by atoms with E-state index in [-0.39, 0.29) is 12.0 Å². The molecule has 0 bridgehead atoms. The van der Waals surface area contributed by atoms with Crippen molar-refractivity contribution in [2.24, 2.45) is 0 Å². The van der Waals surface area contributed by atoms with Crippen molar-refractivity contribution in [3.63, 3.8) is 0 Å². The van der Waals surface area contributed by atoms with Crippen molar-refractivity contribution in [3.05, 3.63) is 41.6 Å². The zero-order valence-electron chi connectivity index (χ0n) is 19.1. The average molecular weight is 429 g/mol. The predicted molar refractivity (Wildman–Crippen MR) is 123 cm³/mol. The second-order valence-electron chi connectivity index (χ2n) is 8.35. The van der Waals surface area contributed by atoms with Gasteiger partial charge in [0.15, 0.2) is 0 Å². The van der Waals surface area contributed by atoms with Gasteiger partial charge < -0.3 is 20.3 Å². The van der Waals surface area contributed by atoms with Gasteiger partial charge in [0, 0.05) is 37.6 Å². The summed E-state index contributed by atoms with van der Waals surface area (Å²) in [5, 5.41) is 8.59. The molecule has 0 unspecified atom stereocenters. The van der Waals surface area contributed by atoms with Crippen molar-refractivity contribution in [2.45, 2.75) is 46.6 Å². The molecule has 0 fully saturated rings. The monoisotopic (exact) mass is 428 g/mol. The Morgan fingerprint density at radius 3 is 2.39 bits per heavy atom. The molecule has 0 aliphatic heterocycles. The summed E-state index contributed by atoms with van der Waals surface area (Å²) in [7, 11) is 1.71. The number of urea groups is 1. The molecule has 31 heavy (non-hydrogen) atoms. The van der Waals surface area contributed by atoms with Crippen molar-refractivity contribution in [3.8, 4) is 0 Å². The Morgan fingerprint density at radius 1 is 1.06 bits per heavy atom. The molecule has 3 amide bonds. The minimum absolute atomic E-state index is 0.206. The van der Waals surface area contributed by atoms with E-state index in [0.717, 1.165) is 5.56 Å². The molecule has 0 atom stereocenters. The van der Waals surface area contributed by atoms with Gasteiger partial charge in [-0.3, -0.25) is 5.32 Å². The van der Waals surface area contributed by atoms with Gasteiger partial charge in [-0.05, 0) is 53.2 Å². The van der Waals surface area contributed by atoms with Gasteiger partial charge in [0.2, 0.25) is 5.95 Å². The topological polar surface area (TPSA) is 108 Å². The van der Waals surface area contributed by atoms with E-state index in [9.17, 15) is 9.59 Å². The molecule has 0 radical (unpaired) electrons. The lowest BCUT2D eigenvalue weighted by atomic mass is 10.2. The third-order valence-corrected chi connectivity index (χ3v) is 4.07. The number of ether oxygens (including phenoxy) is 1. The maximum absolute atomic E-state index is 12.2. The molecule has 9 nitrogen and oxygen atoms in total. The largest absolute Gasteiger partial charge is 0.444 e. The van der Waals surface area contributed by atoms with Gasteiger partial charge in [-0.15, -0.1) is 0 Å². The zero-order chi connectivity index (χ0) is 23.0. The first kappa shape index (κ1) is 23.9. The Balaban J connectivity index is 1.83. The fraction of sp³-hybridized carbons (Fsp3) is 0.455. The van der Waals surface area contributed by atoms with E-state index in [0.29, 0.717) is 36.7 Å². The first-order chi connectivity index (χ1) is 14.5. The first-order valence-corrected chi connectivity index (χ1v) is 10.2. The fourth-order valence-electron chi connectivity index (χ4n) is 2.58. The molecule has 1 aromatic heterocycles. The van der Waals surface area contributed by atoms with Gasteiger partial charge in [0.1, 0.15) is 11.4 Å². The average Bonchev–Trinajstić information content (AvgIpc) is 2.65. The lowest BCUT2D eigenvalue weighted by molar-refractivity contribution is 0.0298. The normalized spacial score (nSPS) is 10.9. The minimum Gasteiger partial charge on any atom is -0.444 e. The number of anilines is 3. The zero-order valence-corrected chi connectivity index (χ0v) is 19.1. The molecule has 2 rings (SSSR count). The van der Waals surface area contributed by atoms with E-state index in [1.165, 1.54) is 0 Å². The van der Waals surface area contributed by atoms with Crippen LogP contribution in [0.1, 0.15) is 38.4 Å². The number of aromatic nitrogens is 2. The van der Waals surface area contributed by atoms with Gasteiger partial charge in [-0.25, -0.2) is 14.6 Å². The molecule has 168 valence electrons. The number of benzene rings is 1. The summed E-state index contributed by atoms with van der Waals surface area (Å²) in [4.78, 5) is 34.3. The maximum atomic E-state index is 12.2. The molecule has 0 saturated heterocycles. The van der Waals surface area contributed by atoms with Gasteiger partial charge in [0.05, 0.1) is 0 Å². The van der Waals surface area contributed by atoms with Crippen LogP contribution in [-0.4, -0.2) is 52.7 Å². The Bertz CT molecular complexity index is 893. The summed E-state index contributed by atoms with van der Waals surface area (Å²) in [5.74, 6) is 0.802. The Labute approximate surface area is 183 Å². The number of hydrogen-bond acceptors (Lipinski definition) is 6. The van der Waals surface area contributed by atoms with Crippen molar-refractivity contribution in [1.29, 1.82) is 0 Å². The maximum Gasteiger partial charge on any atom is 0.410 e. The van der Waals surface area contributed by atoms with Crippen LogP contribution in [-0.2, 0) is 4.74 Å². The van der Waals surface area contributed by atoms with Gasteiger partial charge in [-0.2, -0.15) is 4.98 Å². The third-order valence-electron chi connectivity index (χ3n) is 4.07. The third kappa shape index (κ3) is 8.90. The number of rotatable bonds is 7. The SMILES string of the molecule is Cc1ccc(NC(=O)Nc2nc(C)cc(NCCCN(C)C(=O)OC(C)(C)C)n2)cc1. The minimum atomic E-state index is -0.517. The molecule has 0 saturated carbocycles. The van der Waals surface area contributed by atoms with E-state index in [1.54, 1.807) is 18.0 Å². The molecule has 1 heterocycles. The van der Waals surface area contributed by atoms with E-state index in [1.807, 2.05) is 58.9 Å². The van der Waals surface area contributed by atoms with Crippen molar-refractivity contribution >= 4 is 29.6 Å². The van der Waals surface area contributed by atoms with Crippen LogP contribution in [0.3, 0.4) is 0 Å². The van der Waals surface area contributed by atoms with Crippen LogP contribution < -0.4 is 16.0 Å². The van der Waals surface area contributed by atoms with Gasteiger partial charge in [0.25, 0.3) is 0 Å². The summed E-state index contributed by atoms with van der Waals surface area (Å²) in [6, 6.07) is 8.86. The summed E-state index contributed by atoms with van der Waals surface area (Å²) in [6.07, 6.45) is 0.353. The highest BCUT2D eigenvalue weighted by Crippen LogP contribution is 2.13. The quantitative estimate of drug-likeness (QED) is 0.564. The number of amides is 3. The van der Waals surface area contributed by atoms with Crippen molar-refractivity contribution in [2.75, 3.05) is 36.1 Å². The van der Waals surface area contributed by atoms with Crippen LogP contribution in [0.25, 0.3) is 0 Å². The lowest BCUT2D eigenvalue weighted by Crippen LogP contribution is -2.35. The van der Waals surface area contributed by atoms with Crippen LogP contribution in [0.15, 0.2) is 30.3 Å². The number of nitrogens with one attached hydrogen (secondary N) is 3. The smallest absolute Gasteiger partial charge is 0.410 e. The Morgan fingerprint density at radius 2 is 1.74 bits per heavy atom. The highest BCUT2D eigenvalue weighted by molar-refractivity contribution is 5.98. The number of aryl methyl sites for hydroxylation is 2. The molecule has 3 N–H and O–H groups in total. The highest BCUT2D eigenvalue weighted by atomic mass is 16.6. The standard InChI is InChI=1S/C22H32N6O3/c1-15-8-10-17(11-9-15)25-20(29)27-19-24-16(2)14-18(26-19)23-12-7-13-28(6)21(30)31-22(3,4)5/h8-11,14H,7,12-13H2,1-6H3,(H3,23,24,25,26,27,29). The number of carbonyl (C=O) groups excluding carboxylic acids is 2. The van der Waals surface area contributed by atoms with Crippen molar-refractivity contribution in [1.82, 2.24) is 14.9 Å². The number of nitrogens with zero attached hydrogens (tertiary/aromatic N) is 3. The Hall–Kier alpha value is -3.36. The summed E-state index contributed by atoms with van der Waals surface area (Å²) >= 11 is 0. The summed E-state index contributed by atoms with van der Waals surface area (Å²) in [6.45, 7) is 10.5. The molecule has 0 spiro atoms. The van der Waals surface area contributed by atoms with Crippen LogP contribution in [0.5, 0.6) is 0 Å². The summed E-state index contributed by atoms with van der Waals surface area (Å²) in [5.41, 5.74) is 2.00. The first-order valence-electron chi connectivity index (χ1n) is 10.2. The molecule has 0 aliphatic rings. The number of hydrogen-bond donors (Lipinski definition) is 3. The highest BCUT2D eigenvalue weighted by Gasteiger charge is 2.19. The Kier molecular flexibility index (Phi) is 8.18. The van der Waals surface area contributed by atoms with Crippen molar-refractivity contribution < 1.29 is 14.3 Å². The van der Waals surface area contributed by atoms with E-state index < -0.39 is 11.6 Å². The second kappa shape index (κ2) is 10.6. The lowest BCUT2D eigenvalue weighted by Gasteiger charge is -2.24. The van der Waals surface area contributed by atoms with Crippen LogP contribution in [0.2, 0.25) is 0 Å². The van der Waals surface area contributed by atoms with Crippen LogP contribution in [0, 0.1) is 13.8 Å². The molecular formula is C22H32N6O3. The van der Waals surface area contributed by atoms with Gasteiger partial charge >= 0.3 is 12.1 Å². The molecular weight excluding hydrogens is 396 g/mol. The fourth-order valence-corrected chi connectivity index (χ4v) is 2.58. The van der Waals surface area contributed by atoms with E-state index >= 15 is 0 Å². The van der Waals surface area contributed by atoms with E-state index in [2.05, 4.69) is 25.9 Å². The van der Waals surface area contributed by atoms with Crippen LogP contribution >= 0.6 is 0 Å². The molecule has 1 aromatic carbocycles. The summed E-state index contributed by atoms with van der Waals surface area (Å²) < 4.78 is 5.33.